The molecule has 2 aliphatic heterocycles. The van der Waals surface area contributed by atoms with E-state index in [0.717, 1.165) is 45.1 Å². The van der Waals surface area contributed by atoms with E-state index < -0.39 is 0 Å². The van der Waals surface area contributed by atoms with Crippen LogP contribution in [-0.2, 0) is 11.3 Å². The maximum atomic E-state index is 5.64. The number of nitrogens with one attached hydrogen (secondary N) is 2. The van der Waals surface area contributed by atoms with Gasteiger partial charge in [0.1, 0.15) is 0 Å². The van der Waals surface area contributed by atoms with Crippen LogP contribution in [0.1, 0.15) is 38.2 Å². The second kappa shape index (κ2) is 11.1. The SMILES string of the molecule is CCNC(=NCc1ccccc1)NCC1(N2CCCC2)CCOCC1.I. The number of hydrogen-bond donors (Lipinski definition) is 2. The minimum atomic E-state index is 0. The van der Waals surface area contributed by atoms with Crippen LogP contribution in [0.3, 0.4) is 0 Å². The van der Waals surface area contributed by atoms with Gasteiger partial charge in [-0.05, 0) is 51.3 Å². The highest BCUT2D eigenvalue weighted by Crippen LogP contribution is 2.30. The fraction of sp³-hybridized carbons (Fsp3) is 0.650. The van der Waals surface area contributed by atoms with Gasteiger partial charge in [-0.3, -0.25) is 4.90 Å². The highest BCUT2D eigenvalue weighted by Gasteiger charge is 2.39. The molecule has 0 aliphatic carbocycles. The van der Waals surface area contributed by atoms with Crippen molar-refractivity contribution in [1.29, 1.82) is 0 Å². The Labute approximate surface area is 175 Å². The molecule has 2 aliphatic rings. The number of aliphatic imine (C=N–C) groups is 1. The van der Waals surface area contributed by atoms with Gasteiger partial charge in [0.25, 0.3) is 0 Å². The second-order valence-corrected chi connectivity index (χ2v) is 7.07. The molecule has 1 aromatic rings. The van der Waals surface area contributed by atoms with E-state index in [1.165, 1.54) is 31.5 Å². The van der Waals surface area contributed by atoms with E-state index >= 15 is 0 Å². The summed E-state index contributed by atoms with van der Waals surface area (Å²) in [6, 6.07) is 10.4. The van der Waals surface area contributed by atoms with Gasteiger partial charge in [-0.1, -0.05) is 30.3 Å². The smallest absolute Gasteiger partial charge is 0.191 e. The summed E-state index contributed by atoms with van der Waals surface area (Å²) >= 11 is 0. The molecule has 26 heavy (non-hydrogen) atoms. The molecule has 0 radical (unpaired) electrons. The van der Waals surface area contributed by atoms with Gasteiger partial charge in [0, 0.05) is 31.8 Å². The largest absolute Gasteiger partial charge is 0.381 e. The molecule has 0 saturated carbocycles. The normalized spacial score (nSPS) is 20.4. The lowest BCUT2D eigenvalue weighted by molar-refractivity contribution is -0.0164. The molecule has 6 heteroatoms. The van der Waals surface area contributed by atoms with Crippen molar-refractivity contribution in [2.45, 2.75) is 44.7 Å². The molecule has 1 aromatic carbocycles. The molecule has 0 bridgehead atoms. The van der Waals surface area contributed by atoms with Crippen LogP contribution in [0.4, 0.5) is 0 Å². The van der Waals surface area contributed by atoms with E-state index in [0.29, 0.717) is 6.54 Å². The van der Waals surface area contributed by atoms with E-state index in [4.69, 9.17) is 9.73 Å². The Balaban J connectivity index is 0.00000243. The van der Waals surface area contributed by atoms with Crippen LogP contribution in [-0.4, -0.2) is 55.8 Å². The molecular formula is C20H33IN4O. The lowest BCUT2D eigenvalue weighted by Crippen LogP contribution is -2.58. The number of rotatable bonds is 6. The Morgan fingerprint density at radius 2 is 1.81 bits per heavy atom. The number of guanidine groups is 1. The molecule has 0 unspecified atom stereocenters. The summed E-state index contributed by atoms with van der Waals surface area (Å²) in [5.41, 5.74) is 1.46. The first kappa shape index (κ1) is 21.4. The van der Waals surface area contributed by atoms with Crippen LogP contribution in [0.2, 0.25) is 0 Å². The zero-order valence-electron chi connectivity index (χ0n) is 15.9. The molecule has 0 amide bonds. The predicted octanol–water partition coefficient (Wildman–Crippen LogP) is 3.00. The Hall–Kier alpha value is -0.860. The average molecular weight is 472 g/mol. The van der Waals surface area contributed by atoms with E-state index in [1.54, 1.807) is 0 Å². The maximum absolute atomic E-state index is 5.64. The van der Waals surface area contributed by atoms with E-state index in [-0.39, 0.29) is 29.5 Å². The van der Waals surface area contributed by atoms with E-state index in [1.807, 2.05) is 6.07 Å². The Kier molecular flexibility index (Phi) is 9.15. The summed E-state index contributed by atoms with van der Waals surface area (Å²) in [4.78, 5) is 7.45. The van der Waals surface area contributed by atoms with Crippen LogP contribution in [0.25, 0.3) is 0 Å². The Morgan fingerprint density at radius 3 is 2.46 bits per heavy atom. The molecule has 3 rings (SSSR count). The number of likely N-dealkylation sites (tertiary alicyclic amines) is 1. The van der Waals surface area contributed by atoms with Crippen molar-refractivity contribution >= 4 is 29.9 Å². The summed E-state index contributed by atoms with van der Waals surface area (Å²) in [6.07, 6.45) is 4.87. The van der Waals surface area contributed by atoms with Crippen LogP contribution in [0.15, 0.2) is 35.3 Å². The molecule has 2 heterocycles. The van der Waals surface area contributed by atoms with Crippen molar-refractivity contribution < 1.29 is 4.74 Å². The third kappa shape index (κ3) is 5.82. The molecule has 146 valence electrons. The number of ether oxygens (including phenoxy) is 1. The number of hydrogen-bond acceptors (Lipinski definition) is 3. The first-order chi connectivity index (χ1) is 12.3. The number of nitrogens with zero attached hydrogens (tertiary/aromatic N) is 2. The van der Waals surface area contributed by atoms with Gasteiger partial charge >= 0.3 is 0 Å². The second-order valence-electron chi connectivity index (χ2n) is 7.07. The fourth-order valence-electron chi connectivity index (χ4n) is 3.89. The van der Waals surface area contributed by atoms with Gasteiger partial charge < -0.3 is 15.4 Å². The van der Waals surface area contributed by atoms with Gasteiger partial charge in [0.2, 0.25) is 0 Å². The number of benzene rings is 1. The minimum Gasteiger partial charge on any atom is -0.381 e. The molecule has 0 atom stereocenters. The van der Waals surface area contributed by atoms with Crippen molar-refractivity contribution in [2.24, 2.45) is 4.99 Å². The molecule has 5 nitrogen and oxygen atoms in total. The van der Waals surface area contributed by atoms with E-state index in [9.17, 15) is 0 Å². The van der Waals surface area contributed by atoms with Gasteiger partial charge in [-0.2, -0.15) is 0 Å². The summed E-state index contributed by atoms with van der Waals surface area (Å²) in [7, 11) is 0. The van der Waals surface area contributed by atoms with Gasteiger partial charge in [0.05, 0.1) is 6.54 Å². The first-order valence-corrected chi connectivity index (χ1v) is 9.71. The first-order valence-electron chi connectivity index (χ1n) is 9.71. The highest BCUT2D eigenvalue weighted by molar-refractivity contribution is 14.0. The average Bonchev–Trinajstić information content (AvgIpc) is 3.21. The van der Waals surface area contributed by atoms with Gasteiger partial charge in [-0.25, -0.2) is 4.99 Å². The third-order valence-corrected chi connectivity index (χ3v) is 5.39. The quantitative estimate of drug-likeness (QED) is 0.380. The van der Waals surface area contributed by atoms with Crippen LogP contribution in [0, 0.1) is 0 Å². The third-order valence-electron chi connectivity index (χ3n) is 5.39. The summed E-state index contributed by atoms with van der Waals surface area (Å²) in [6.45, 7) is 8.82. The minimum absolute atomic E-state index is 0. The van der Waals surface area contributed by atoms with Crippen LogP contribution >= 0.6 is 24.0 Å². The molecule has 0 spiro atoms. The maximum Gasteiger partial charge on any atom is 0.191 e. The number of halogens is 1. The van der Waals surface area contributed by atoms with Crippen molar-refractivity contribution in [3.8, 4) is 0 Å². The van der Waals surface area contributed by atoms with Crippen molar-refractivity contribution in [3.05, 3.63) is 35.9 Å². The van der Waals surface area contributed by atoms with E-state index in [2.05, 4.69) is 46.7 Å². The Bertz CT molecular complexity index is 540. The molecule has 0 aromatic heterocycles. The zero-order chi connectivity index (χ0) is 17.4. The standard InChI is InChI=1S/C20H32N4O.HI/c1-2-21-19(22-16-18-8-4-3-5-9-18)23-17-20(10-14-25-15-11-20)24-12-6-7-13-24;/h3-5,8-9H,2,6-7,10-17H2,1H3,(H2,21,22,23);1H. The summed E-state index contributed by atoms with van der Waals surface area (Å²) in [5.74, 6) is 0.913. The van der Waals surface area contributed by atoms with Crippen molar-refractivity contribution in [3.63, 3.8) is 0 Å². The van der Waals surface area contributed by atoms with Crippen molar-refractivity contribution in [2.75, 3.05) is 39.4 Å². The molecular weight excluding hydrogens is 439 g/mol. The van der Waals surface area contributed by atoms with Gasteiger partial charge in [0.15, 0.2) is 5.96 Å². The Morgan fingerprint density at radius 1 is 1.12 bits per heavy atom. The van der Waals surface area contributed by atoms with Crippen LogP contribution in [0.5, 0.6) is 0 Å². The topological polar surface area (TPSA) is 48.9 Å². The summed E-state index contributed by atoms with van der Waals surface area (Å²) < 4.78 is 5.64. The molecule has 2 saturated heterocycles. The predicted molar refractivity (Wildman–Crippen MR) is 118 cm³/mol. The van der Waals surface area contributed by atoms with Gasteiger partial charge in [-0.15, -0.1) is 24.0 Å². The zero-order valence-corrected chi connectivity index (χ0v) is 18.2. The molecule has 2 fully saturated rings. The molecule has 2 N–H and O–H groups in total. The monoisotopic (exact) mass is 472 g/mol. The highest BCUT2D eigenvalue weighted by atomic mass is 127. The lowest BCUT2D eigenvalue weighted by Gasteiger charge is -2.45. The fourth-order valence-corrected chi connectivity index (χ4v) is 3.89. The van der Waals surface area contributed by atoms with Crippen molar-refractivity contribution in [1.82, 2.24) is 15.5 Å². The summed E-state index contributed by atoms with van der Waals surface area (Å²) in [5, 5.41) is 7.01. The lowest BCUT2D eigenvalue weighted by atomic mass is 9.88. The van der Waals surface area contributed by atoms with Crippen LogP contribution < -0.4 is 10.6 Å².